The van der Waals surface area contributed by atoms with Gasteiger partial charge in [0.2, 0.25) is 11.8 Å². The Bertz CT molecular complexity index is 680. The van der Waals surface area contributed by atoms with Crippen LogP contribution in [0.5, 0.6) is 0 Å². The number of carbonyl (C=O) groups is 2. The lowest BCUT2D eigenvalue weighted by Crippen LogP contribution is -2.44. The minimum absolute atomic E-state index is 0.0188. The van der Waals surface area contributed by atoms with E-state index in [1.165, 1.54) is 24.0 Å². The van der Waals surface area contributed by atoms with Crippen LogP contribution in [0.2, 0.25) is 0 Å². The van der Waals surface area contributed by atoms with Crippen LogP contribution in [0.3, 0.4) is 0 Å². The summed E-state index contributed by atoms with van der Waals surface area (Å²) >= 11 is 0. The number of para-hydroxylation sites is 1. The van der Waals surface area contributed by atoms with Crippen molar-refractivity contribution < 1.29 is 9.59 Å². The first kappa shape index (κ1) is 17.7. The average Bonchev–Trinajstić information content (AvgIpc) is 2.94. The molecule has 1 unspecified atom stereocenters. The highest BCUT2D eigenvalue weighted by Crippen LogP contribution is 2.32. The van der Waals surface area contributed by atoms with Crippen molar-refractivity contribution in [2.24, 2.45) is 0 Å². The summed E-state index contributed by atoms with van der Waals surface area (Å²) in [6.07, 6.45) is 8.88. The molecular weight excluding hydrogens is 312 g/mol. The van der Waals surface area contributed by atoms with Crippen molar-refractivity contribution in [3.05, 3.63) is 41.5 Å². The molecule has 0 bridgehead atoms. The Morgan fingerprint density at radius 2 is 2.04 bits per heavy atom. The molecule has 4 heteroatoms. The number of carbonyl (C=O) groups excluding carboxylic acids is 2. The fourth-order valence-corrected chi connectivity index (χ4v) is 3.94. The summed E-state index contributed by atoms with van der Waals surface area (Å²) in [5, 5.41) is 0. The Labute approximate surface area is 150 Å². The maximum absolute atomic E-state index is 12.9. The van der Waals surface area contributed by atoms with Crippen LogP contribution in [0, 0.1) is 0 Å². The second-order valence-corrected chi connectivity index (χ2v) is 7.24. The lowest BCUT2D eigenvalue weighted by molar-refractivity contribution is -0.133. The monoisotopic (exact) mass is 340 g/mol. The molecule has 0 saturated carbocycles. The van der Waals surface area contributed by atoms with E-state index >= 15 is 0 Å². The predicted octanol–water partition coefficient (Wildman–Crippen LogP) is 3.70. The number of rotatable bonds is 5. The summed E-state index contributed by atoms with van der Waals surface area (Å²) in [7, 11) is 0. The Kier molecular flexibility index (Phi) is 5.57. The van der Waals surface area contributed by atoms with Gasteiger partial charge in [-0.05, 0) is 57.1 Å². The van der Waals surface area contributed by atoms with Gasteiger partial charge in [-0.15, -0.1) is 0 Å². The van der Waals surface area contributed by atoms with E-state index in [-0.39, 0.29) is 24.4 Å². The molecule has 2 amide bonds. The summed E-state index contributed by atoms with van der Waals surface area (Å²) < 4.78 is 0. The van der Waals surface area contributed by atoms with E-state index in [0.29, 0.717) is 6.54 Å². The molecule has 1 aliphatic carbocycles. The van der Waals surface area contributed by atoms with Gasteiger partial charge in [-0.2, -0.15) is 0 Å². The van der Waals surface area contributed by atoms with E-state index in [0.717, 1.165) is 31.4 Å². The second kappa shape index (κ2) is 7.85. The highest BCUT2D eigenvalue weighted by Gasteiger charge is 2.31. The fraction of sp³-hybridized carbons (Fsp3) is 0.524. The van der Waals surface area contributed by atoms with Crippen LogP contribution < -0.4 is 4.90 Å². The Balaban J connectivity index is 1.64. The Morgan fingerprint density at radius 1 is 1.24 bits per heavy atom. The zero-order valence-corrected chi connectivity index (χ0v) is 15.3. The van der Waals surface area contributed by atoms with Crippen LogP contribution in [-0.4, -0.2) is 35.8 Å². The van der Waals surface area contributed by atoms with E-state index in [4.69, 9.17) is 0 Å². The molecule has 0 radical (unpaired) electrons. The number of nitrogens with zero attached hydrogens (tertiary/aromatic N) is 2. The molecule has 0 aromatic heterocycles. The van der Waals surface area contributed by atoms with Crippen LogP contribution >= 0.6 is 0 Å². The van der Waals surface area contributed by atoms with Gasteiger partial charge in [-0.25, -0.2) is 0 Å². The van der Waals surface area contributed by atoms with E-state index in [2.05, 4.69) is 19.1 Å². The topological polar surface area (TPSA) is 40.6 Å². The number of fused-ring (bicyclic) bond motifs is 1. The SMILES string of the molecule is CC(=O)N(CCC1=CCCCC1)CC(=O)N1c2ccccc2CC1C. The summed E-state index contributed by atoms with van der Waals surface area (Å²) in [6.45, 7) is 4.44. The standard InChI is InChI=1S/C21H28N2O2/c1-16-14-19-10-6-7-11-20(19)23(16)21(25)15-22(17(2)24)13-12-18-8-4-3-5-9-18/h6-8,10-11,16H,3-5,9,12-15H2,1-2H3. The molecule has 1 atom stereocenters. The van der Waals surface area contributed by atoms with E-state index in [1.54, 1.807) is 11.8 Å². The zero-order valence-electron chi connectivity index (χ0n) is 15.3. The van der Waals surface area contributed by atoms with Gasteiger partial charge in [0.1, 0.15) is 6.54 Å². The largest absolute Gasteiger partial charge is 0.333 e. The lowest BCUT2D eigenvalue weighted by atomic mass is 9.97. The van der Waals surface area contributed by atoms with Crippen LogP contribution in [0.4, 0.5) is 5.69 Å². The highest BCUT2D eigenvalue weighted by atomic mass is 16.2. The first-order valence-corrected chi connectivity index (χ1v) is 9.39. The van der Waals surface area contributed by atoms with Gasteiger partial charge < -0.3 is 9.80 Å². The molecule has 1 heterocycles. The molecule has 1 aromatic carbocycles. The van der Waals surface area contributed by atoms with E-state index in [1.807, 2.05) is 23.1 Å². The first-order chi connectivity index (χ1) is 12.1. The minimum atomic E-state index is -0.0232. The molecule has 1 aromatic rings. The number of benzene rings is 1. The fourth-order valence-electron chi connectivity index (χ4n) is 3.94. The number of amides is 2. The molecule has 25 heavy (non-hydrogen) atoms. The Hall–Kier alpha value is -2.10. The second-order valence-electron chi connectivity index (χ2n) is 7.24. The van der Waals surface area contributed by atoms with Crippen molar-refractivity contribution in [2.75, 3.05) is 18.0 Å². The van der Waals surface area contributed by atoms with Crippen LogP contribution in [-0.2, 0) is 16.0 Å². The predicted molar refractivity (Wildman–Crippen MR) is 101 cm³/mol. The smallest absolute Gasteiger partial charge is 0.246 e. The average molecular weight is 340 g/mol. The minimum Gasteiger partial charge on any atom is -0.333 e. The zero-order chi connectivity index (χ0) is 17.8. The molecule has 4 nitrogen and oxygen atoms in total. The maximum Gasteiger partial charge on any atom is 0.246 e. The van der Waals surface area contributed by atoms with Crippen LogP contribution in [0.1, 0.15) is 51.5 Å². The number of hydrogen-bond acceptors (Lipinski definition) is 2. The van der Waals surface area contributed by atoms with Crippen molar-refractivity contribution in [1.29, 1.82) is 0 Å². The molecule has 2 aliphatic rings. The molecule has 0 spiro atoms. The first-order valence-electron chi connectivity index (χ1n) is 9.39. The van der Waals surface area contributed by atoms with Gasteiger partial charge in [-0.1, -0.05) is 29.8 Å². The Morgan fingerprint density at radius 3 is 2.76 bits per heavy atom. The van der Waals surface area contributed by atoms with E-state index in [9.17, 15) is 9.59 Å². The normalized spacial score (nSPS) is 19.4. The quantitative estimate of drug-likeness (QED) is 0.767. The van der Waals surface area contributed by atoms with E-state index < -0.39 is 0 Å². The van der Waals surface area contributed by atoms with Gasteiger partial charge >= 0.3 is 0 Å². The summed E-state index contributed by atoms with van der Waals surface area (Å²) in [5.41, 5.74) is 3.65. The number of allylic oxidation sites excluding steroid dienone is 1. The third-order valence-electron chi connectivity index (χ3n) is 5.34. The maximum atomic E-state index is 12.9. The van der Waals surface area contributed by atoms with Crippen LogP contribution in [0.15, 0.2) is 35.9 Å². The number of hydrogen-bond donors (Lipinski definition) is 0. The third-order valence-corrected chi connectivity index (χ3v) is 5.34. The van der Waals surface area contributed by atoms with Crippen molar-refractivity contribution >= 4 is 17.5 Å². The molecule has 0 fully saturated rings. The molecule has 3 rings (SSSR count). The van der Waals surface area contributed by atoms with Gasteiger partial charge in [0.15, 0.2) is 0 Å². The lowest BCUT2D eigenvalue weighted by Gasteiger charge is -2.28. The van der Waals surface area contributed by atoms with Crippen molar-refractivity contribution in [3.63, 3.8) is 0 Å². The van der Waals surface area contributed by atoms with Gasteiger partial charge in [0, 0.05) is 25.2 Å². The summed E-state index contributed by atoms with van der Waals surface area (Å²) in [6, 6.07) is 8.22. The molecule has 0 N–H and O–H groups in total. The van der Waals surface area contributed by atoms with Crippen molar-refractivity contribution in [1.82, 2.24) is 4.90 Å². The number of anilines is 1. The molecule has 0 saturated heterocycles. The molecular formula is C21H28N2O2. The van der Waals surface area contributed by atoms with Gasteiger partial charge in [0.05, 0.1) is 0 Å². The van der Waals surface area contributed by atoms with Crippen molar-refractivity contribution in [3.8, 4) is 0 Å². The molecule has 1 aliphatic heterocycles. The third kappa shape index (κ3) is 4.12. The van der Waals surface area contributed by atoms with Gasteiger partial charge in [0.25, 0.3) is 0 Å². The summed E-state index contributed by atoms with van der Waals surface area (Å²) in [5.74, 6) is -0.00447. The summed E-state index contributed by atoms with van der Waals surface area (Å²) in [4.78, 5) is 28.5. The molecule has 134 valence electrons. The van der Waals surface area contributed by atoms with Crippen molar-refractivity contribution in [2.45, 2.75) is 58.4 Å². The van der Waals surface area contributed by atoms with Crippen LogP contribution in [0.25, 0.3) is 0 Å². The van der Waals surface area contributed by atoms with Gasteiger partial charge in [-0.3, -0.25) is 9.59 Å². The highest BCUT2D eigenvalue weighted by molar-refractivity contribution is 5.98.